The summed E-state index contributed by atoms with van der Waals surface area (Å²) in [7, 11) is -3.33. The average Bonchev–Trinajstić information content (AvgIpc) is 2.75. The van der Waals surface area contributed by atoms with Gasteiger partial charge in [-0.15, -0.1) is 0 Å². The van der Waals surface area contributed by atoms with E-state index in [1.807, 2.05) is 0 Å². The molecule has 0 amide bonds. The van der Waals surface area contributed by atoms with Crippen LogP contribution in [0.4, 0.5) is 0 Å². The zero-order chi connectivity index (χ0) is 13.2. The zero-order valence-electron chi connectivity index (χ0n) is 10.3. The van der Waals surface area contributed by atoms with E-state index in [9.17, 15) is 8.42 Å². The molecule has 1 aliphatic rings. The van der Waals surface area contributed by atoms with Gasteiger partial charge in [-0.1, -0.05) is 6.07 Å². The second-order valence-electron chi connectivity index (χ2n) is 4.31. The van der Waals surface area contributed by atoms with Gasteiger partial charge >= 0.3 is 0 Å². The molecule has 0 aromatic heterocycles. The van der Waals surface area contributed by atoms with E-state index in [-0.39, 0.29) is 11.7 Å². The summed E-state index contributed by atoms with van der Waals surface area (Å²) in [6, 6.07) is 3.55. The van der Waals surface area contributed by atoms with Crippen molar-refractivity contribution >= 4 is 9.84 Å². The molecule has 1 aliphatic heterocycles. The summed E-state index contributed by atoms with van der Waals surface area (Å²) in [5.41, 5.74) is 6.22. The number of unbranched alkanes of at least 4 members (excludes halogenated alkanes) is 1. The van der Waals surface area contributed by atoms with E-state index in [1.54, 1.807) is 12.1 Å². The summed E-state index contributed by atoms with van der Waals surface area (Å²) in [5, 5.41) is 0. The predicted molar refractivity (Wildman–Crippen MR) is 67.7 cm³/mol. The van der Waals surface area contributed by atoms with Crippen LogP contribution < -0.4 is 15.2 Å². The summed E-state index contributed by atoms with van der Waals surface area (Å²) in [6.07, 6.45) is 3.60. The largest absolute Gasteiger partial charge is 0.454 e. The van der Waals surface area contributed by atoms with Gasteiger partial charge in [-0.3, -0.25) is 0 Å². The Morgan fingerprint density at radius 2 is 2.06 bits per heavy atom. The number of hydrogen-bond acceptors (Lipinski definition) is 5. The molecule has 1 heterocycles. The van der Waals surface area contributed by atoms with Crippen molar-refractivity contribution in [3.63, 3.8) is 0 Å². The minimum absolute atomic E-state index is 0.0735. The molecule has 2 N–H and O–H groups in total. The number of ether oxygens (including phenoxy) is 2. The summed E-state index contributed by atoms with van der Waals surface area (Å²) in [4.78, 5) is 0.259. The second kappa shape index (κ2) is 5.16. The fourth-order valence-corrected chi connectivity index (χ4v) is 3.19. The molecule has 18 heavy (non-hydrogen) atoms. The molecular weight excluding hydrogens is 254 g/mol. The van der Waals surface area contributed by atoms with Crippen molar-refractivity contribution in [3.05, 3.63) is 17.7 Å². The van der Waals surface area contributed by atoms with Gasteiger partial charge in [-0.05, 0) is 37.4 Å². The van der Waals surface area contributed by atoms with Gasteiger partial charge in [0.05, 0.1) is 0 Å². The molecule has 5 nitrogen and oxygen atoms in total. The monoisotopic (exact) mass is 271 g/mol. The van der Waals surface area contributed by atoms with Gasteiger partial charge in [0.25, 0.3) is 0 Å². The number of fused-ring (bicyclic) bond motifs is 1. The van der Waals surface area contributed by atoms with Gasteiger partial charge in [0, 0.05) is 6.26 Å². The Morgan fingerprint density at radius 1 is 1.28 bits per heavy atom. The van der Waals surface area contributed by atoms with Gasteiger partial charge in [0.15, 0.2) is 21.3 Å². The summed E-state index contributed by atoms with van der Waals surface area (Å²) in [5.74, 6) is 0.848. The van der Waals surface area contributed by atoms with Crippen molar-refractivity contribution in [2.24, 2.45) is 5.73 Å². The molecule has 0 atom stereocenters. The highest BCUT2D eigenvalue weighted by molar-refractivity contribution is 7.90. The van der Waals surface area contributed by atoms with Gasteiger partial charge < -0.3 is 15.2 Å². The van der Waals surface area contributed by atoms with Crippen LogP contribution in [0.2, 0.25) is 0 Å². The number of aryl methyl sites for hydroxylation is 1. The Balaban J connectivity index is 2.41. The predicted octanol–water partition coefficient (Wildman–Crippen LogP) is 1.10. The fraction of sp³-hybridized carbons (Fsp3) is 0.500. The van der Waals surface area contributed by atoms with Crippen LogP contribution in [-0.2, 0) is 16.3 Å². The highest BCUT2D eigenvalue weighted by Crippen LogP contribution is 2.40. The van der Waals surface area contributed by atoms with E-state index < -0.39 is 9.84 Å². The van der Waals surface area contributed by atoms with Crippen LogP contribution in [0, 0.1) is 0 Å². The molecule has 0 saturated carbocycles. The van der Waals surface area contributed by atoms with Gasteiger partial charge in [-0.25, -0.2) is 8.42 Å². The SMILES string of the molecule is CS(=O)(=O)c1c(CCCCN)ccc2c1OCO2. The van der Waals surface area contributed by atoms with E-state index >= 15 is 0 Å². The number of sulfone groups is 1. The van der Waals surface area contributed by atoms with Crippen LogP contribution in [0.5, 0.6) is 11.5 Å². The molecule has 2 rings (SSSR count). The molecule has 0 spiro atoms. The normalized spacial score (nSPS) is 13.9. The third kappa shape index (κ3) is 2.59. The topological polar surface area (TPSA) is 78.6 Å². The Kier molecular flexibility index (Phi) is 3.77. The van der Waals surface area contributed by atoms with Crippen molar-refractivity contribution in [2.45, 2.75) is 24.2 Å². The molecular formula is C12H17NO4S. The van der Waals surface area contributed by atoms with E-state index in [1.165, 1.54) is 6.26 Å². The number of rotatable bonds is 5. The van der Waals surface area contributed by atoms with E-state index in [0.29, 0.717) is 24.5 Å². The van der Waals surface area contributed by atoms with Crippen molar-refractivity contribution in [1.82, 2.24) is 0 Å². The lowest BCUT2D eigenvalue weighted by atomic mass is 10.1. The standard InChI is InChI=1S/C12H17NO4S/c1-18(14,15)12-9(4-2-3-7-13)5-6-10-11(12)17-8-16-10/h5-6H,2-4,7-8,13H2,1H3. The minimum atomic E-state index is -3.33. The highest BCUT2D eigenvalue weighted by Gasteiger charge is 2.26. The quantitative estimate of drug-likeness (QED) is 0.811. The van der Waals surface area contributed by atoms with Crippen molar-refractivity contribution in [1.29, 1.82) is 0 Å². The maximum Gasteiger partial charge on any atom is 0.231 e. The molecule has 0 radical (unpaired) electrons. The van der Waals surface area contributed by atoms with Gasteiger partial charge in [0.1, 0.15) is 4.90 Å². The smallest absolute Gasteiger partial charge is 0.231 e. The molecule has 1 aromatic rings. The van der Waals surface area contributed by atoms with Crippen LogP contribution in [-0.4, -0.2) is 28.0 Å². The van der Waals surface area contributed by atoms with Crippen molar-refractivity contribution < 1.29 is 17.9 Å². The van der Waals surface area contributed by atoms with Crippen LogP contribution >= 0.6 is 0 Å². The zero-order valence-corrected chi connectivity index (χ0v) is 11.1. The highest BCUT2D eigenvalue weighted by atomic mass is 32.2. The first-order chi connectivity index (χ1) is 8.54. The van der Waals surface area contributed by atoms with Crippen molar-refractivity contribution in [2.75, 3.05) is 19.6 Å². The summed E-state index contributed by atoms with van der Waals surface area (Å²) < 4.78 is 34.3. The van der Waals surface area contributed by atoms with E-state index in [0.717, 1.165) is 18.4 Å². The van der Waals surface area contributed by atoms with E-state index in [2.05, 4.69) is 0 Å². The third-order valence-electron chi connectivity index (χ3n) is 2.85. The van der Waals surface area contributed by atoms with Crippen LogP contribution in [0.25, 0.3) is 0 Å². The molecule has 0 aliphatic carbocycles. The average molecular weight is 271 g/mol. The summed E-state index contributed by atoms with van der Waals surface area (Å²) >= 11 is 0. The second-order valence-corrected chi connectivity index (χ2v) is 6.26. The molecule has 0 bridgehead atoms. The van der Waals surface area contributed by atoms with Gasteiger partial charge in [-0.2, -0.15) is 0 Å². The Morgan fingerprint density at radius 3 is 2.72 bits per heavy atom. The minimum Gasteiger partial charge on any atom is -0.454 e. The van der Waals surface area contributed by atoms with Crippen molar-refractivity contribution in [3.8, 4) is 11.5 Å². The molecule has 1 aromatic carbocycles. The van der Waals surface area contributed by atoms with Crippen LogP contribution in [0.3, 0.4) is 0 Å². The van der Waals surface area contributed by atoms with Gasteiger partial charge in [0.2, 0.25) is 6.79 Å². The fourth-order valence-electron chi connectivity index (χ4n) is 2.05. The lowest BCUT2D eigenvalue weighted by Gasteiger charge is -2.10. The summed E-state index contributed by atoms with van der Waals surface area (Å²) in [6.45, 7) is 0.683. The molecule has 100 valence electrons. The molecule has 0 saturated heterocycles. The van der Waals surface area contributed by atoms with Crippen LogP contribution in [0.15, 0.2) is 17.0 Å². The number of nitrogens with two attached hydrogens (primary N) is 1. The molecule has 0 unspecified atom stereocenters. The maximum absolute atomic E-state index is 11.9. The Bertz CT molecular complexity index is 539. The first kappa shape index (κ1) is 13.2. The first-order valence-corrected chi connectivity index (χ1v) is 7.75. The molecule has 0 fully saturated rings. The number of benzene rings is 1. The maximum atomic E-state index is 11.9. The first-order valence-electron chi connectivity index (χ1n) is 5.85. The number of hydrogen-bond donors (Lipinski definition) is 1. The Hall–Kier alpha value is -1.27. The Labute approximate surface area is 107 Å². The molecule has 6 heteroatoms. The van der Waals surface area contributed by atoms with E-state index in [4.69, 9.17) is 15.2 Å². The lowest BCUT2D eigenvalue weighted by Crippen LogP contribution is -2.06. The lowest BCUT2D eigenvalue weighted by molar-refractivity contribution is 0.172. The third-order valence-corrected chi connectivity index (χ3v) is 4.04. The van der Waals surface area contributed by atoms with Crippen LogP contribution in [0.1, 0.15) is 18.4 Å².